The van der Waals surface area contributed by atoms with E-state index in [4.69, 9.17) is 0 Å². The van der Waals surface area contributed by atoms with E-state index in [1.807, 2.05) is 19.1 Å². The van der Waals surface area contributed by atoms with Crippen molar-refractivity contribution < 1.29 is 9.53 Å². The number of esters is 1. The molecule has 60 valence electrons. The van der Waals surface area contributed by atoms with Crippen LogP contribution in [0.15, 0.2) is 12.2 Å². The summed E-state index contributed by atoms with van der Waals surface area (Å²) in [6.07, 6.45) is 5.13. The minimum Gasteiger partial charge on any atom is -0.469 e. The molecule has 0 aromatic carbocycles. The van der Waals surface area contributed by atoms with Gasteiger partial charge in [0, 0.05) is 6.42 Å². The summed E-state index contributed by atoms with van der Waals surface area (Å²) in [7, 11) is 1.40. The maximum Gasteiger partial charge on any atom is 0.305 e. The van der Waals surface area contributed by atoms with Crippen molar-refractivity contribution in [1.29, 1.82) is 0 Å². The Labute approximate surface area is 67.7 Å². The summed E-state index contributed by atoms with van der Waals surface area (Å²) in [5.74, 6) is -0.145. The molecule has 0 aliphatic rings. The van der Waals surface area contributed by atoms with Crippen molar-refractivity contribution in [2.75, 3.05) is 7.11 Å². The maximum atomic E-state index is 10.4. The van der Waals surface area contributed by atoms with Crippen LogP contribution in [0.3, 0.4) is 0 Å². The molecule has 0 rings (SSSR count). The van der Waals surface area contributed by atoms with E-state index in [2.05, 4.69) is 4.74 Å². The van der Waals surface area contributed by atoms with E-state index >= 15 is 0 Å². The number of carbonyl (C=O) groups excluding carboxylic acids is 1. The zero-order valence-electron chi connectivity index (χ0n) is 6.29. The van der Waals surface area contributed by atoms with Gasteiger partial charge in [-0.05, 0) is 13.3 Å². The first-order chi connectivity index (χ1) is 4.31. The van der Waals surface area contributed by atoms with Gasteiger partial charge in [-0.3, -0.25) is 4.79 Å². The van der Waals surface area contributed by atoms with Gasteiger partial charge in [-0.1, -0.05) is 12.2 Å². The number of methoxy groups -OCH3 is 1. The number of hydrogen-bond acceptors (Lipinski definition) is 2. The van der Waals surface area contributed by atoms with Crippen LogP contribution in [0.25, 0.3) is 0 Å². The second-order valence-corrected chi connectivity index (χ2v) is 1.68. The average molecular weight is 165 g/mol. The van der Waals surface area contributed by atoms with E-state index in [0.29, 0.717) is 6.42 Å². The average Bonchev–Trinajstić information content (AvgIpc) is 1.89. The van der Waals surface area contributed by atoms with Crippen LogP contribution >= 0.6 is 12.4 Å². The summed E-state index contributed by atoms with van der Waals surface area (Å²) in [6, 6.07) is 0. The lowest BCUT2D eigenvalue weighted by Gasteiger charge is -1.92. The molecule has 0 saturated carbocycles. The first kappa shape index (κ1) is 12.2. The lowest BCUT2D eigenvalue weighted by molar-refractivity contribution is -0.140. The number of rotatable bonds is 3. The molecule has 0 amide bonds. The zero-order valence-corrected chi connectivity index (χ0v) is 7.11. The fourth-order valence-electron chi connectivity index (χ4n) is 0.470. The van der Waals surface area contributed by atoms with Crippen LogP contribution in [0, 0.1) is 0 Å². The second-order valence-electron chi connectivity index (χ2n) is 1.68. The molecule has 0 spiro atoms. The number of carbonyl (C=O) groups is 1. The van der Waals surface area contributed by atoms with Gasteiger partial charge in [-0.15, -0.1) is 12.4 Å². The molecule has 0 atom stereocenters. The zero-order chi connectivity index (χ0) is 7.11. The SMILES string of the molecule is CC=CCCC(=O)OC.Cl. The highest BCUT2D eigenvalue weighted by molar-refractivity contribution is 5.85. The molecule has 2 nitrogen and oxygen atoms in total. The van der Waals surface area contributed by atoms with Crippen molar-refractivity contribution in [1.82, 2.24) is 0 Å². The molecule has 0 aromatic heterocycles. The van der Waals surface area contributed by atoms with Crippen molar-refractivity contribution in [2.45, 2.75) is 19.8 Å². The van der Waals surface area contributed by atoms with E-state index in [1.54, 1.807) is 0 Å². The van der Waals surface area contributed by atoms with Gasteiger partial charge in [0.15, 0.2) is 0 Å². The third-order valence-corrected chi connectivity index (χ3v) is 0.979. The van der Waals surface area contributed by atoms with Crippen LogP contribution in [-0.4, -0.2) is 13.1 Å². The summed E-state index contributed by atoms with van der Waals surface area (Å²) < 4.78 is 4.42. The van der Waals surface area contributed by atoms with E-state index in [9.17, 15) is 4.79 Å². The quantitative estimate of drug-likeness (QED) is 0.471. The molecular formula is C7H13ClO2. The van der Waals surface area contributed by atoms with Crippen LogP contribution < -0.4 is 0 Å². The van der Waals surface area contributed by atoms with Crippen molar-refractivity contribution in [3.63, 3.8) is 0 Å². The third kappa shape index (κ3) is 7.50. The Balaban J connectivity index is 0. The largest absolute Gasteiger partial charge is 0.469 e. The van der Waals surface area contributed by atoms with Crippen molar-refractivity contribution >= 4 is 18.4 Å². The predicted molar refractivity (Wildman–Crippen MR) is 43.3 cm³/mol. The van der Waals surface area contributed by atoms with Gasteiger partial charge in [-0.2, -0.15) is 0 Å². The van der Waals surface area contributed by atoms with E-state index in [0.717, 1.165) is 6.42 Å². The van der Waals surface area contributed by atoms with Crippen LogP contribution in [0.2, 0.25) is 0 Å². The Hall–Kier alpha value is -0.500. The smallest absolute Gasteiger partial charge is 0.305 e. The monoisotopic (exact) mass is 164 g/mol. The molecule has 0 aliphatic carbocycles. The molecule has 0 aromatic rings. The molecule has 0 bridgehead atoms. The van der Waals surface area contributed by atoms with E-state index < -0.39 is 0 Å². The van der Waals surface area contributed by atoms with Gasteiger partial charge >= 0.3 is 5.97 Å². The van der Waals surface area contributed by atoms with Crippen LogP contribution in [0.4, 0.5) is 0 Å². The second kappa shape index (κ2) is 8.50. The summed E-state index contributed by atoms with van der Waals surface area (Å²) in [5, 5.41) is 0. The molecule has 3 heteroatoms. The fourth-order valence-corrected chi connectivity index (χ4v) is 0.470. The number of halogens is 1. The number of ether oxygens (including phenoxy) is 1. The molecule has 0 fully saturated rings. The Morgan fingerprint density at radius 2 is 2.20 bits per heavy atom. The van der Waals surface area contributed by atoms with E-state index in [-0.39, 0.29) is 18.4 Å². The lowest BCUT2D eigenvalue weighted by atomic mass is 10.3. The molecule has 0 aliphatic heterocycles. The maximum absolute atomic E-state index is 10.4. The van der Waals surface area contributed by atoms with Gasteiger partial charge in [0.25, 0.3) is 0 Å². The number of hydrogen-bond donors (Lipinski definition) is 0. The van der Waals surface area contributed by atoms with Gasteiger partial charge in [0.05, 0.1) is 7.11 Å². The Bertz CT molecular complexity index is 110. The predicted octanol–water partition coefficient (Wildman–Crippen LogP) is 1.94. The van der Waals surface area contributed by atoms with Crippen molar-refractivity contribution in [2.24, 2.45) is 0 Å². The minimum absolute atomic E-state index is 0. The summed E-state index contributed by atoms with van der Waals surface area (Å²) in [5.41, 5.74) is 0. The molecular weight excluding hydrogens is 152 g/mol. The minimum atomic E-state index is -0.145. The highest BCUT2D eigenvalue weighted by atomic mass is 35.5. The van der Waals surface area contributed by atoms with Gasteiger partial charge in [0.1, 0.15) is 0 Å². The van der Waals surface area contributed by atoms with Crippen molar-refractivity contribution in [3.8, 4) is 0 Å². The van der Waals surface area contributed by atoms with E-state index in [1.165, 1.54) is 7.11 Å². The van der Waals surface area contributed by atoms with Crippen LogP contribution in [-0.2, 0) is 9.53 Å². The highest BCUT2D eigenvalue weighted by Crippen LogP contribution is 1.91. The lowest BCUT2D eigenvalue weighted by Crippen LogP contribution is -1.97. The Morgan fingerprint density at radius 3 is 2.60 bits per heavy atom. The first-order valence-corrected chi connectivity index (χ1v) is 2.99. The first-order valence-electron chi connectivity index (χ1n) is 2.99. The summed E-state index contributed by atoms with van der Waals surface area (Å²) >= 11 is 0. The van der Waals surface area contributed by atoms with Gasteiger partial charge in [-0.25, -0.2) is 0 Å². The highest BCUT2D eigenvalue weighted by Gasteiger charge is 1.94. The molecule has 0 radical (unpaired) electrons. The summed E-state index contributed by atoms with van der Waals surface area (Å²) in [6.45, 7) is 1.93. The van der Waals surface area contributed by atoms with Gasteiger partial charge < -0.3 is 4.74 Å². The molecule has 0 unspecified atom stereocenters. The molecule has 0 N–H and O–H groups in total. The number of allylic oxidation sites excluding steroid dienone is 2. The Kier molecular flexibility index (Phi) is 10.4. The van der Waals surface area contributed by atoms with Crippen LogP contribution in [0.1, 0.15) is 19.8 Å². The molecule has 0 heterocycles. The fraction of sp³-hybridized carbons (Fsp3) is 0.571. The molecule has 0 saturated heterocycles. The third-order valence-electron chi connectivity index (χ3n) is 0.979. The summed E-state index contributed by atoms with van der Waals surface area (Å²) in [4.78, 5) is 10.4. The van der Waals surface area contributed by atoms with Crippen LogP contribution in [0.5, 0.6) is 0 Å². The molecule has 10 heavy (non-hydrogen) atoms. The van der Waals surface area contributed by atoms with Crippen molar-refractivity contribution in [3.05, 3.63) is 12.2 Å². The standard InChI is InChI=1S/C7H12O2.ClH/c1-3-4-5-6-7(8)9-2;/h3-4H,5-6H2,1-2H3;1H. The van der Waals surface area contributed by atoms with Gasteiger partial charge in [0.2, 0.25) is 0 Å². The normalized spacial score (nSPS) is 9.00. The Morgan fingerprint density at radius 1 is 1.60 bits per heavy atom. The topological polar surface area (TPSA) is 26.3 Å².